The zero-order valence-corrected chi connectivity index (χ0v) is 82.5. The zero-order chi connectivity index (χ0) is 95.1. The van der Waals surface area contributed by atoms with Gasteiger partial charge in [0.2, 0.25) is 0 Å². The average molecular weight is 1860 g/mol. The Kier molecular flexibility index (Phi) is 38.5. The topological polar surface area (TPSA) is 408 Å². The predicted octanol–water partition coefficient (Wildman–Crippen LogP) is 13.2. The van der Waals surface area contributed by atoms with E-state index in [-0.39, 0.29) is 87.9 Å². The van der Waals surface area contributed by atoms with Crippen molar-refractivity contribution in [3.05, 3.63) is 77.5 Å². The average Bonchev–Trinajstić information content (AvgIpc) is 1.65. The number of hydrogen-bond donors (Lipinski definition) is 4. The Morgan fingerprint density at radius 3 is 1.11 bits per heavy atom. The Morgan fingerprint density at radius 1 is 0.423 bits per heavy atom. The third-order valence-electron chi connectivity index (χ3n) is 22.2. The van der Waals surface area contributed by atoms with Gasteiger partial charge in [0.1, 0.15) is 50.7 Å². The first-order valence-electron chi connectivity index (χ1n) is 46.6. The van der Waals surface area contributed by atoms with E-state index >= 15 is 0 Å². The number of aromatic nitrogens is 8. The monoisotopic (exact) mass is 1850 g/mol. The summed E-state index contributed by atoms with van der Waals surface area (Å²) in [6.07, 6.45) is 35.9. The Morgan fingerprint density at radius 2 is 0.777 bits per heavy atom. The molecule has 9 heterocycles. The fourth-order valence-corrected chi connectivity index (χ4v) is 16.7. The van der Waals surface area contributed by atoms with E-state index in [1.165, 1.54) is 123 Å². The second-order valence-corrected chi connectivity index (χ2v) is 45.0. The van der Waals surface area contributed by atoms with Crippen molar-refractivity contribution >= 4 is 85.4 Å². The number of likely N-dealkylation sites (tertiary alicyclic amines) is 2. The van der Waals surface area contributed by atoms with Crippen molar-refractivity contribution in [1.29, 1.82) is 0 Å². The summed E-state index contributed by atoms with van der Waals surface area (Å²) in [5, 5.41) is 11.1. The van der Waals surface area contributed by atoms with E-state index < -0.39 is 43.0 Å². The number of ketones is 1. The number of nitrogens with one attached hydrogen (secondary N) is 3. The summed E-state index contributed by atoms with van der Waals surface area (Å²) < 4.78 is 46.8. The molecule has 0 aromatic carbocycles. The second-order valence-electron chi connectivity index (χ2n) is 40.2. The Hall–Kier alpha value is -8.85. The quantitative estimate of drug-likeness (QED) is 0.0198. The lowest BCUT2D eigenvalue weighted by Gasteiger charge is -2.31. The molecule has 12 fully saturated rings. The highest BCUT2D eigenvalue weighted by Crippen LogP contribution is 2.43. The lowest BCUT2D eigenvalue weighted by atomic mass is 10.2. The van der Waals surface area contributed by atoms with Crippen LogP contribution < -0.4 is 36.4 Å². The van der Waals surface area contributed by atoms with E-state index in [0.717, 1.165) is 153 Å². The lowest BCUT2D eigenvalue weighted by Crippen LogP contribution is -2.46. The highest BCUT2D eigenvalue weighted by atomic mass is 35.5. The molecule has 16 rings (SSSR count). The molecule has 130 heavy (non-hydrogen) atoms. The minimum absolute atomic E-state index is 0.0943. The molecule has 4 aromatic rings. The molecule has 7 saturated carbocycles. The van der Waals surface area contributed by atoms with Gasteiger partial charge in [-0.3, -0.25) is 4.79 Å². The van der Waals surface area contributed by atoms with Crippen molar-refractivity contribution in [2.45, 2.75) is 346 Å². The van der Waals surface area contributed by atoms with E-state index in [1.54, 1.807) is 23.5 Å². The van der Waals surface area contributed by atoms with Crippen LogP contribution in [0.5, 0.6) is 0 Å². The molecule has 0 radical (unpaired) electrons. The van der Waals surface area contributed by atoms with E-state index in [0.29, 0.717) is 55.3 Å². The van der Waals surface area contributed by atoms with Crippen LogP contribution in [-0.4, -0.2) is 304 Å². The molecule has 4 aromatic heterocycles. The van der Waals surface area contributed by atoms with Crippen LogP contribution in [0, 0.1) is 0 Å². The first kappa shape index (κ1) is 105. The summed E-state index contributed by atoms with van der Waals surface area (Å²) in [5.41, 5.74) is 4.83. The fraction of sp³-hybridized carbons (Fsp3) is 0.739. The maximum atomic E-state index is 12.6. The van der Waals surface area contributed by atoms with Crippen molar-refractivity contribution < 1.29 is 80.7 Å². The number of nitrogens with zero attached hydrogens (tertiary/aromatic N) is 15. The summed E-state index contributed by atoms with van der Waals surface area (Å²) in [6.45, 7) is 41.4. The number of nitrogens with two attached hydrogens (primary N) is 1. The molecule has 7 aliphatic carbocycles. The second kappa shape index (κ2) is 47.7. The number of Topliss-reactive ketones (excluding diaryl/α,β-unsaturated/α-hetero) is 1. The number of halogens is 1. The minimum atomic E-state index is -1.39. The van der Waals surface area contributed by atoms with Crippen LogP contribution in [0.1, 0.15) is 274 Å². The number of carbonyl (C=O) groups is 8. The molecule has 0 unspecified atom stereocenters. The van der Waals surface area contributed by atoms with Crippen LogP contribution >= 0.6 is 11.6 Å². The Bertz CT molecular complexity index is 4260. The number of hydrogen-bond acceptors (Lipinski definition) is 32. The van der Waals surface area contributed by atoms with Crippen molar-refractivity contribution in [3.63, 3.8) is 0 Å². The molecule has 12 aliphatic rings. The summed E-state index contributed by atoms with van der Waals surface area (Å²) in [6, 6.07) is 5.21. The normalized spacial score (nSPS) is 21.4. The third kappa shape index (κ3) is 37.3. The standard InChI is InChI=1S/C18H26N4O4.C18H26N4O3.C13H18N4O2.C12H22N2O2.C9H18N2O2.C8H15N.C8H18O2Si.C6H5ClN2O2/c1-18(2,3)26-17(24)22(12-5-6-12)13-7-8-21(11-13)15-10-19-14(9-20-15)16(23)25-4;1-12(23)15-9-20-16(10-19-15)21-8-7-14(11-21)22(13-5-6-13)17(24)25-18(2,3)4;1-19-13(18)11-6-15-12(7-14-11)17-5-4-10(8-17)16-9-2-3-9;1-12(2,3)16-11(15)14-7-6-10(8-14)13-9-4-5-9;1-9(2,3)13-8(12)11-5-4-7(10)6-11;1-2-4-7(3-1)9-8-5-6-8;1-5-9-8(6-7-8)10-11(2,3)4;1-11-6(10)4-2-9-5(7)3-8-4/h9-10,12-13H,5-8,11H2,1-4H3;9-10,13-14H,5-8,11H2,1-4H3;6-7,9-10,16H,2-5,8H2,1H3;9-10,13H,4-8H2,1-3H3;7H,4-6,10H2,1-3H3;7-9H,1-6H2;5-7H2,1-4H3;2-3H,1H3/t13-;14-;2*10-;7-;;;/m11111.../s1. The molecule has 724 valence electrons. The molecule has 4 amide bonds. The maximum Gasteiger partial charge on any atom is 0.410 e. The molecule has 5 N–H and O–H groups in total. The van der Waals surface area contributed by atoms with E-state index in [1.807, 2.05) is 105 Å². The smallest absolute Gasteiger partial charge is 0.410 e. The number of carbonyl (C=O) groups excluding carboxylic acids is 8. The zero-order valence-electron chi connectivity index (χ0n) is 80.7. The number of methoxy groups -OCH3 is 3. The summed E-state index contributed by atoms with van der Waals surface area (Å²) >= 11 is 5.43. The van der Waals surface area contributed by atoms with Gasteiger partial charge >= 0.3 is 42.3 Å². The van der Waals surface area contributed by atoms with Crippen molar-refractivity contribution in [1.82, 2.24) is 75.4 Å². The summed E-state index contributed by atoms with van der Waals surface area (Å²) in [5.74, 6) is 0.540. The maximum absolute atomic E-state index is 12.6. The SMILES string of the molecule is C1CCC(NC2CC2)C1.CC(=O)c1cnc(N2CC[C@@H](N(C(=O)OC(C)(C)C)C3CC3)C2)cn1.CC(C)(C)OC(=O)N1CC[C@@H](N)C1.CC(C)(C)OC(=O)N1CC[C@@H](NC2CC2)C1.CCOC1(O[Si](C)(C)C)CC1.COC(=O)c1cnc(Cl)cn1.COC(=O)c1cnc(N2CC[C@@H](N(C(=O)OC(C)(C)C)C3CC3)C2)cn1.COC(=O)c1cnc(N2CC[C@@H](NC3CC3)C2)cn1. The van der Waals surface area contributed by atoms with Crippen LogP contribution in [-0.2, 0) is 42.3 Å². The number of amides is 4. The lowest BCUT2D eigenvalue weighted by molar-refractivity contribution is -0.106. The highest BCUT2D eigenvalue weighted by molar-refractivity contribution is 6.69. The molecule has 0 spiro atoms. The molecular weight excluding hydrogens is 1710 g/mol. The van der Waals surface area contributed by atoms with Crippen molar-refractivity contribution in [2.24, 2.45) is 5.73 Å². The van der Waals surface area contributed by atoms with E-state index in [2.05, 4.69) is 104 Å². The third-order valence-corrected chi connectivity index (χ3v) is 23.4. The number of anilines is 3. The van der Waals surface area contributed by atoms with E-state index in [9.17, 15) is 38.4 Å². The molecule has 36 nitrogen and oxygen atoms in total. The number of esters is 3. The van der Waals surface area contributed by atoms with Gasteiger partial charge in [-0.15, -0.1) is 0 Å². The Balaban J connectivity index is 0.000000172. The fourth-order valence-electron chi connectivity index (χ4n) is 15.3. The van der Waals surface area contributed by atoms with Crippen LogP contribution in [0.15, 0.2) is 49.6 Å². The van der Waals surface area contributed by atoms with Gasteiger partial charge in [0.15, 0.2) is 37.0 Å². The van der Waals surface area contributed by atoms with Gasteiger partial charge in [-0.1, -0.05) is 24.4 Å². The highest BCUT2D eigenvalue weighted by Gasteiger charge is 2.49. The van der Waals surface area contributed by atoms with Crippen molar-refractivity contribution in [3.8, 4) is 0 Å². The van der Waals surface area contributed by atoms with Crippen LogP contribution in [0.2, 0.25) is 24.8 Å². The van der Waals surface area contributed by atoms with Gasteiger partial charge in [-0.25, -0.2) is 73.4 Å². The molecular formula is C92H148ClN19O17Si. The molecule has 5 atom stereocenters. The van der Waals surface area contributed by atoms with Crippen molar-refractivity contribution in [2.75, 3.05) is 108 Å². The predicted molar refractivity (Wildman–Crippen MR) is 497 cm³/mol. The first-order valence-corrected chi connectivity index (χ1v) is 50.4. The van der Waals surface area contributed by atoms with Crippen LogP contribution in [0.4, 0.5) is 36.6 Å². The largest absolute Gasteiger partial charge is 0.464 e. The van der Waals surface area contributed by atoms with Gasteiger partial charge < -0.3 is 98.3 Å². The molecule has 5 aliphatic heterocycles. The van der Waals surface area contributed by atoms with Gasteiger partial charge in [-0.05, 0) is 219 Å². The summed E-state index contributed by atoms with van der Waals surface area (Å²) in [7, 11) is 2.54. The van der Waals surface area contributed by atoms with E-state index in [4.69, 9.17) is 45.4 Å². The van der Waals surface area contributed by atoms with Crippen LogP contribution in [0.25, 0.3) is 0 Å². The van der Waals surface area contributed by atoms with Gasteiger partial charge in [0.05, 0.1) is 83.0 Å². The van der Waals surface area contributed by atoms with Gasteiger partial charge in [0, 0.05) is 146 Å². The summed E-state index contributed by atoms with van der Waals surface area (Å²) in [4.78, 5) is 140. The van der Waals surface area contributed by atoms with Gasteiger partial charge in [-0.2, -0.15) is 0 Å². The van der Waals surface area contributed by atoms with Crippen LogP contribution in [0.3, 0.4) is 0 Å². The molecule has 0 bridgehead atoms. The first-order chi connectivity index (χ1) is 61.3. The van der Waals surface area contributed by atoms with Gasteiger partial charge in [0.25, 0.3) is 0 Å². The minimum Gasteiger partial charge on any atom is -0.464 e. The number of rotatable bonds is 21. The Labute approximate surface area is 774 Å². The molecule has 38 heteroatoms. The molecule has 5 saturated heterocycles. The number of ether oxygens (including phenoxy) is 8.